The second-order valence-electron chi connectivity index (χ2n) is 9.19. The maximum Gasteiger partial charge on any atom is 0.262 e. The molecule has 0 bridgehead atoms. The van der Waals surface area contributed by atoms with Crippen molar-refractivity contribution in [2.24, 2.45) is 0 Å². The highest BCUT2D eigenvalue weighted by Gasteiger charge is 2.48. The molecule has 0 saturated carbocycles. The molecule has 2 atom stereocenters. The number of hydrogen-bond donors (Lipinski definition) is 2. The number of rotatable bonds is 7. The molecular formula is C27H27N7O4. The Morgan fingerprint density at radius 2 is 1.79 bits per heavy atom. The van der Waals surface area contributed by atoms with Crippen molar-refractivity contribution in [1.82, 2.24) is 25.0 Å². The van der Waals surface area contributed by atoms with Crippen LogP contribution in [0.25, 0.3) is 22.8 Å². The molecule has 0 aliphatic carbocycles. The van der Waals surface area contributed by atoms with E-state index in [-0.39, 0.29) is 24.0 Å². The van der Waals surface area contributed by atoms with Gasteiger partial charge in [-0.1, -0.05) is 29.4 Å². The summed E-state index contributed by atoms with van der Waals surface area (Å²) in [5.74, 6) is -0.195. The first-order valence-corrected chi connectivity index (χ1v) is 12.1. The van der Waals surface area contributed by atoms with Gasteiger partial charge in [-0.25, -0.2) is 15.0 Å². The van der Waals surface area contributed by atoms with Crippen molar-refractivity contribution in [2.45, 2.75) is 25.0 Å². The van der Waals surface area contributed by atoms with Gasteiger partial charge in [0.2, 0.25) is 17.5 Å². The van der Waals surface area contributed by atoms with Crippen molar-refractivity contribution in [3.05, 3.63) is 72.6 Å². The zero-order valence-corrected chi connectivity index (χ0v) is 21.2. The fourth-order valence-corrected chi connectivity index (χ4v) is 4.29. The zero-order chi connectivity index (χ0) is 26.9. The summed E-state index contributed by atoms with van der Waals surface area (Å²) in [5, 5.41) is 17.9. The minimum Gasteiger partial charge on any atom is -0.373 e. The number of aromatic nitrogens is 4. The molecule has 3 aromatic heterocycles. The van der Waals surface area contributed by atoms with Crippen LogP contribution in [-0.2, 0) is 15.2 Å². The largest absolute Gasteiger partial charge is 0.373 e. The summed E-state index contributed by atoms with van der Waals surface area (Å²) in [6.45, 7) is 2.18. The average Bonchev–Trinajstić information content (AvgIpc) is 3.55. The van der Waals surface area contributed by atoms with Gasteiger partial charge in [0.1, 0.15) is 11.7 Å². The van der Waals surface area contributed by atoms with E-state index in [0.29, 0.717) is 29.3 Å². The molecule has 2 amide bonds. The normalized spacial score (nSPS) is 17.9. The topological polar surface area (TPSA) is 138 Å². The smallest absolute Gasteiger partial charge is 0.262 e. The summed E-state index contributed by atoms with van der Waals surface area (Å²) < 4.78 is 5.35. The van der Waals surface area contributed by atoms with Gasteiger partial charge in [0, 0.05) is 45.0 Å². The molecule has 194 valence electrons. The Labute approximate surface area is 219 Å². The van der Waals surface area contributed by atoms with Gasteiger partial charge in [0.25, 0.3) is 5.91 Å². The van der Waals surface area contributed by atoms with E-state index < -0.39 is 17.6 Å². The number of carbonyl (C=O) groups excluding carboxylic acids is 2. The molecule has 1 aliphatic heterocycles. The molecule has 11 heteroatoms. The molecule has 1 aliphatic rings. The molecule has 1 fully saturated rings. The Bertz CT molecular complexity index is 1480. The minimum absolute atomic E-state index is 0.0849. The molecule has 2 unspecified atom stereocenters. The van der Waals surface area contributed by atoms with Crippen molar-refractivity contribution in [3.63, 3.8) is 0 Å². The fourth-order valence-electron chi connectivity index (χ4n) is 4.29. The molecule has 5 rings (SSSR count). The van der Waals surface area contributed by atoms with Crippen LogP contribution in [0.3, 0.4) is 0 Å². The zero-order valence-electron chi connectivity index (χ0n) is 21.2. The van der Waals surface area contributed by atoms with Crippen LogP contribution in [0.4, 0.5) is 11.6 Å². The Hall–Kier alpha value is -4.64. The number of para-hydroxylation sites is 1. The van der Waals surface area contributed by atoms with Gasteiger partial charge in [-0.2, -0.15) is 0 Å². The molecule has 4 heterocycles. The standard InChI is InChI=1S/C27H27N7O4/c1-17(24(35)34(3)18-8-5-4-6-9-18)29-26-28-14-12-21(31-26)19-10-7-11-20(30-19)22-16-23(38-32-22)27(37)13-15-33(2)25(27)36/h4-12,14,16-17,37H,13,15H2,1-3H3,(H,28,29,31). The van der Waals surface area contributed by atoms with E-state index in [2.05, 4.69) is 25.4 Å². The van der Waals surface area contributed by atoms with Crippen molar-refractivity contribution in [3.8, 4) is 22.8 Å². The lowest BCUT2D eigenvalue weighted by molar-refractivity contribution is -0.144. The van der Waals surface area contributed by atoms with Crippen molar-refractivity contribution in [1.29, 1.82) is 0 Å². The van der Waals surface area contributed by atoms with Gasteiger partial charge in [-0.15, -0.1) is 0 Å². The minimum atomic E-state index is -1.73. The van der Waals surface area contributed by atoms with Crippen LogP contribution < -0.4 is 10.2 Å². The summed E-state index contributed by atoms with van der Waals surface area (Å²) in [5.41, 5.74) is 1.01. The number of benzene rings is 1. The molecule has 0 radical (unpaired) electrons. The van der Waals surface area contributed by atoms with Crippen LogP contribution in [0.2, 0.25) is 0 Å². The Kier molecular flexibility index (Phi) is 6.60. The van der Waals surface area contributed by atoms with E-state index in [9.17, 15) is 14.7 Å². The summed E-state index contributed by atoms with van der Waals surface area (Å²) in [6.07, 6.45) is 1.81. The Balaban J connectivity index is 1.33. The number of likely N-dealkylation sites (tertiary alicyclic amines) is 1. The molecule has 11 nitrogen and oxygen atoms in total. The number of nitrogens with zero attached hydrogens (tertiary/aromatic N) is 6. The van der Waals surface area contributed by atoms with Crippen molar-refractivity contribution in [2.75, 3.05) is 30.9 Å². The number of amides is 2. The first-order chi connectivity index (χ1) is 18.3. The third-order valence-corrected chi connectivity index (χ3v) is 6.55. The number of pyridine rings is 1. The van der Waals surface area contributed by atoms with Gasteiger partial charge >= 0.3 is 0 Å². The van der Waals surface area contributed by atoms with Gasteiger partial charge < -0.3 is 24.7 Å². The van der Waals surface area contributed by atoms with Crippen LogP contribution in [0.1, 0.15) is 19.1 Å². The maximum atomic E-state index is 12.9. The average molecular weight is 514 g/mol. The number of anilines is 2. The van der Waals surface area contributed by atoms with E-state index in [0.717, 1.165) is 5.69 Å². The first kappa shape index (κ1) is 25.0. The van der Waals surface area contributed by atoms with Crippen LogP contribution >= 0.6 is 0 Å². The molecule has 1 aromatic carbocycles. The number of aliphatic hydroxyl groups is 1. The third kappa shape index (κ3) is 4.71. The van der Waals surface area contributed by atoms with E-state index in [4.69, 9.17) is 4.52 Å². The SMILES string of the molecule is CC(Nc1nccc(-c2cccc(-c3cc(C4(O)CCN(C)C4=O)on3)n2)n1)C(=O)N(C)c1ccccc1. The molecule has 1 saturated heterocycles. The Morgan fingerprint density at radius 3 is 2.50 bits per heavy atom. The van der Waals surface area contributed by atoms with E-state index in [1.54, 1.807) is 56.4 Å². The monoisotopic (exact) mass is 513 g/mol. The van der Waals surface area contributed by atoms with Crippen LogP contribution in [0, 0.1) is 0 Å². The third-order valence-electron chi connectivity index (χ3n) is 6.55. The second kappa shape index (κ2) is 10.0. The molecule has 38 heavy (non-hydrogen) atoms. The lowest BCUT2D eigenvalue weighted by atomic mass is 9.98. The van der Waals surface area contributed by atoms with E-state index in [1.807, 2.05) is 30.3 Å². The summed E-state index contributed by atoms with van der Waals surface area (Å²) in [6, 6.07) is 17.4. The lowest BCUT2D eigenvalue weighted by Gasteiger charge is -2.22. The van der Waals surface area contributed by atoms with E-state index in [1.165, 1.54) is 11.0 Å². The molecular weight excluding hydrogens is 486 g/mol. The fraction of sp³-hybridized carbons (Fsp3) is 0.259. The number of carbonyl (C=O) groups is 2. The van der Waals surface area contributed by atoms with Crippen LogP contribution in [0.5, 0.6) is 0 Å². The Morgan fingerprint density at radius 1 is 1.08 bits per heavy atom. The summed E-state index contributed by atoms with van der Waals surface area (Å²) in [4.78, 5) is 41.8. The second-order valence-corrected chi connectivity index (χ2v) is 9.19. The quantitative estimate of drug-likeness (QED) is 0.382. The molecule has 4 aromatic rings. The van der Waals surface area contributed by atoms with Gasteiger partial charge in [-0.3, -0.25) is 9.59 Å². The van der Waals surface area contributed by atoms with Crippen LogP contribution in [0.15, 0.2) is 71.4 Å². The predicted molar refractivity (Wildman–Crippen MR) is 140 cm³/mol. The number of likely N-dealkylation sites (N-methyl/N-ethyl adjacent to an activating group) is 2. The number of hydrogen-bond acceptors (Lipinski definition) is 9. The van der Waals surface area contributed by atoms with Crippen molar-refractivity contribution < 1.29 is 19.2 Å². The predicted octanol–water partition coefficient (Wildman–Crippen LogP) is 2.71. The van der Waals surface area contributed by atoms with Gasteiger partial charge in [-0.05, 0) is 37.3 Å². The summed E-state index contributed by atoms with van der Waals surface area (Å²) in [7, 11) is 3.35. The highest BCUT2D eigenvalue weighted by molar-refractivity contribution is 5.97. The lowest BCUT2D eigenvalue weighted by Crippen LogP contribution is -2.39. The maximum absolute atomic E-state index is 12.9. The highest BCUT2D eigenvalue weighted by Crippen LogP contribution is 2.34. The molecule has 2 N–H and O–H groups in total. The highest BCUT2D eigenvalue weighted by atomic mass is 16.5. The van der Waals surface area contributed by atoms with Crippen molar-refractivity contribution >= 4 is 23.5 Å². The van der Waals surface area contributed by atoms with Gasteiger partial charge in [0.05, 0.1) is 17.1 Å². The summed E-state index contributed by atoms with van der Waals surface area (Å²) >= 11 is 0. The molecule has 0 spiro atoms. The first-order valence-electron chi connectivity index (χ1n) is 12.1. The van der Waals surface area contributed by atoms with Gasteiger partial charge in [0.15, 0.2) is 5.76 Å². The number of nitrogens with one attached hydrogen (secondary N) is 1. The van der Waals surface area contributed by atoms with Crippen LogP contribution in [-0.4, -0.2) is 68.6 Å². The van der Waals surface area contributed by atoms with E-state index >= 15 is 0 Å².